The van der Waals surface area contributed by atoms with Gasteiger partial charge in [-0.05, 0) is 24.7 Å². The first-order valence-corrected chi connectivity index (χ1v) is 6.68. The maximum atomic E-state index is 12.6. The standard InChI is InChI=1S/C13H25N3O2/c1-8(2)10-6-5-7-16(10)13(17)11(9(3)4)12(14)15-18/h8-11,18H,5-7H2,1-4H3,(H2,14,15). The van der Waals surface area contributed by atoms with E-state index in [1.54, 1.807) is 0 Å². The van der Waals surface area contributed by atoms with Crippen LogP contribution in [0.2, 0.25) is 0 Å². The molecule has 0 aromatic heterocycles. The molecular formula is C13H25N3O2. The number of rotatable bonds is 4. The Hall–Kier alpha value is -1.26. The van der Waals surface area contributed by atoms with Gasteiger partial charge in [-0.1, -0.05) is 32.9 Å². The average Bonchev–Trinajstić information content (AvgIpc) is 2.77. The third kappa shape index (κ3) is 2.94. The highest BCUT2D eigenvalue weighted by Crippen LogP contribution is 2.27. The fourth-order valence-corrected chi connectivity index (χ4v) is 2.75. The monoisotopic (exact) mass is 255 g/mol. The number of nitrogens with two attached hydrogens (primary N) is 1. The molecule has 1 aliphatic heterocycles. The van der Waals surface area contributed by atoms with Gasteiger partial charge in [0.05, 0.1) is 0 Å². The fraction of sp³-hybridized carbons (Fsp3) is 0.846. The van der Waals surface area contributed by atoms with E-state index in [0.29, 0.717) is 5.92 Å². The van der Waals surface area contributed by atoms with Gasteiger partial charge in [0, 0.05) is 12.6 Å². The van der Waals surface area contributed by atoms with Gasteiger partial charge in [-0.25, -0.2) is 0 Å². The first-order valence-electron chi connectivity index (χ1n) is 6.68. The van der Waals surface area contributed by atoms with Crippen molar-refractivity contribution >= 4 is 11.7 Å². The number of carbonyl (C=O) groups excluding carboxylic acids is 1. The van der Waals surface area contributed by atoms with Gasteiger partial charge in [0.1, 0.15) is 5.92 Å². The number of amidine groups is 1. The molecule has 0 radical (unpaired) electrons. The molecule has 18 heavy (non-hydrogen) atoms. The van der Waals surface area contributed by atoms with E-state index in [2.05, 4.69) is 19.0 Å². The van der Waals surface area contributed by atoms with Crippen molar-refractivity contribution in [1.82, 2.24) is 4.90 Å². The Kier molecular flexibility index (Phi) is 4.99. The zero-order valence-electron chi connectivity index (χ0n) is 11.8. The molecule has 3 N–H and O–H groups in total. The first-order chi connectivity index (χ1) is 8.40. The number of oxime groups is 1. The number of carbonyl (C=O) groups is 1. The van der Waals surface area contributed by atoms with Gasteiger partial charge >= 0.3 is 0 Å². The third-order valence-corrected chi connectivity index (χ3v) is 3.72. The summed E-state index contributed by atoms with van der Waals surface area (Å²) >= 11 is 0. The Morgan fingerprint density at radius 1 is 1.39 bits per heavy atom. The normalized spacial score (nSPS) is 22.9. The number of likely N-dealkylation sites (tertiary alicyclic amines) is 1. The molecule has 104 valence electrons. The molecule has 1 aliphatic rings. The Morgan fingerprint density at radius 2 is 2.00 bits per heavy atom. The summed E-state index contributed by atoms with van der Waals surface area (Å²) in [6, 6.07) is 0.283. The molecule has 5 heteroatoms. The minimum absolute atomic E-state index is 0.00324. The molecule has 1 rings (SSSR count). The van der Waals surface area contributed by atoms with Crippen molar-refractivity contribution in [2.24, 2.45) is 28.6 Å². The molecule has 1 amide bonds. The number of nitrogens with zero attached hydrogens (tertiary/aromatic N) is 2. The van der Waals surface area contributed by atoms with E-state index in [-0.39, 0.29) is 23.7 Å². The smallest absolute Gasteiger partial charge is 0.233 e. The highest BCUT2D eigenvalue weighted by atomic mass is 16.4. The Labute approximate surface area is 109 Å². The van der Waals surface area contributed by atoms with Crippen molar-refractivity contribution in [3.05, 3.63) is 0 Å². The van der Waals surface area contributed by atoms with Crippen molar-refractivity contribution in [3.63, 3.8) is 0 Å². The lowest BCUT2D eigenvalue weighted by molar-refractivity contribution is -0.136. The summed E-state index contributed by atoms with van der Waals surface area (Å²) in [5, 5.41) is 11.8. The van der Waals surface area contributed by atoms with Crippen LogP contribution in [-0.2, 0) is 4.79 Å². The van der Waals surface area contributed by atoms with Crippen LogP contribution in [0.5, 0.6) is 0 Å². The van der Waals surface area contributed by atoms with Crippen molar-refractivity contribution < 1.29 is 10.0 Å². The first kappa shape index (κ1) is 14.8. The molecule has 0 aliphatic carbocycles. The van der Waals surface area contributed by atoms with E-state index in [4.69, 9.17) is 10.9 Å². The lowest BCUT2D eigenvalue weighted by atomic mass is 9.92. The predicted octanol–water partition coefficient (Wildman–Crippen LogP) is 1.65. The van der Waals surface area contributed by atoms with E-state index in [1.165, 1.54) is 0 Å². The van der Waals surface area contributed by atoms with Crippen LogP contribution in [0.4, 0.5) is 0 Å². The van der Waals surface area contributed by atoms with Crippen molar-refractivity contribution in [3.8, 4) is 0 Å². The Bertz CT molecular complexity index is 326. The zero-order chi connectivity index (χ0) is 13.9. The topological polar surface area (TPSA) is 78.9 Å². The summed E-state index contributed by atoms with van der Waals surface area (Å²) in [5.74, 6) is -0.0337. The largest absolute Gasteiger partial charge is 0.409 e. The van der Waals surface area contributed by atoms with Crippen LogP contribution in [0, 0.1) is 17.8 Å². The summed E-state index contributed by atoms with van der Waals surface area (Å²) in [4.78, 5) is 14.5. The Balaban J connectivity index is 2.90. The Morgan fingerprint density at radius 3 is 2.44 bits per heavy atom. The highest BCUT2D eigenvalue weighted by molar-refractivity contribution is 6.02. The van der Waals surface area contributed by atoms with E-state index >= 15 is 0 Å². The number of hydrogen-bond acceptors (Lipinski definition) is 3. The predicted molar refractivity (Wildman–Crippen MR) is 71.3 cm³/mol. The second-order valence-corrected chi connectivity index (χ2v) is 5.73. The van der Waals surface area contributed by atoms with Gasteiger partial charge in [-0.15, -0.1) is 0 Å². The van der Waals surface area contributed by atoms with Crippen LogP contribution < -0.4 is 5.73 Å². The van der Waals surface area contributed by atoms with Crippen molar-refractivity contribution in [2.45, 2.75) is 46.6 Å². The number of hydrogen-bond donors (Lipinski definition) is 2. The quantitative estimate of drug-likeness (QED) is 0.347. The average molecular weight is 255 g/mol. The molecule has 0 aromatic rings. The molecule has 1 heterocycles. The second kappa shape index (κ2) is 6.07. The van der Waals surface area contributed by atoms with Crippen molar-refractivity contribution in [2.75, 3.05) is 6.54 Å². The minimum Gasteiger partial charge on any atom is -0.409 e. The lowest BCUT2D eigenvalue weighted by Gasteiger charge is -2.32. The molecule has 0 bridgehead atoms. The van der Waals surface area contributed by atoms with E-state index in [1.807, 2.05) is 18.7 Å². The van der Waals surface area contributed by atoms with Crippen LogP contribution in [0.3, 0.4) is 0 Å². The number of amides is 1. The fourth-order valence-electron chi connectivity index (χ4n) is 2.75. The molecule has 1 fully saturated rings. The van der Waals surface area contributed by atoms with E-state index in [0.717, 1.165) is 19.4 Å². The van der Waals surface area contributed by atoms with Crippen LogP contribution in [-0.4, -0.2) is 34.4 Å². The third-order valence-electron chi connectivity index (χ3n) is 3.72. The molecule has 0 aromatic carbocycles. The molecule has 2 atom stereocenters. The van der Waals surface area contributed by atoms with Gasteiger partial charge in [-0.3, -0.25) is 4.79 Å². The molecule has 0 spiro atoms. The summed E-state index contributed by atoms with van der Waals surface area (Å²) in [6.07, 6.45) is 2.08. The summed E-state index contributed by atoms with van der Waals surface area (Å²) in [5.41, 5.74) is 5.66. The summed E-state index contributed by atoms with van der Waals surface area (Å²) in [7, 11) is 0. The van der Waals surface area contributed by atoms with Crippen LogP contribution in [0.25, 0.3) is 0 Å². The van der Waals surface area contributed by atoms with Gasteiger partial charge in [0.15, 0.2) is 5.84 Å². The molecular weight excluding hydrogens is 230 g/mol. The molecule has 5 nitrogen and oxygen atoms in total. The zero-order valence-corrected chi connectivity index (χ0v) is 11.8. The lowest BCUT2D eigenvalue weighted by Crippen LogP contribution is -2.47. The maximum Gasteiger partial charge on any atom is 0.233 e. The van der Waals surface area contributed by atoms with Gasteiger partial charge in [-0.2, -0.15) is 0 Å². The van der Waals surface area contributed by atoms with Gasteiger partial charge in [0.25, 0.3) is 0 Å². The maximum absolute atomic E-state index is 12.6. The van der Waals surface area contributed by atoms with Gasteiger partial charge in [0.2, 0.25) is 5.91 Å². The van der Waals surface area contributed by atoms with Crippen LogP contribution in [0.15, 0.2) is 5.16 Å². The molecule has 0 saturated carbocycles. The van der Waals surface area contributed by atoms with Crippen LogP contribution in [0.1, 0.15) is 40.5 Å². The SMILES string of the molecule is CC(C)C(C(=O)N1CCCC1C(C)C)/C(N)=N/O. The van der Waals surface area contributed by atoms with Crippen molar-refractivity contribution in [1.29, 1.82) is 0 Å². The summed E-state index contributed by atoms with van der Waals surface area (Å²) < 4.78 is 0. The highest BCUT2D eigenvalue weighted by Gasteiger charge is 2.37. The van der Waals surface area contributed by atoms with E-state index < -0.39 is 5.92 Å². The van der Waals surface area contributed by atoms with Gasteiger partial charge < -0.3 is 15.8 Å². The minimum atomic E-state index is -0.519. The summed E-state index contributed by atoms with van der Waals surface area (Å²) in [6.45, 7) is 8.88. The van der Waals surface area contributed by atoms with Crippen LogP contribution >= 0.6 is 0 Å². The molecule has 1 saturated heterocycles. The van der Waals surface area contributed by atoms with E-state index in [9.17, 15) is 4.79 Å². The second-order valence-electron chi connectivity index (χ2n) is 5.73. The molecule has 2 unspecified atom stereocenters.